The number of rotatable bonds is 5. The standard InChI is InChI=1S/C11H17N5O3.ClH/c12-8-11(3-1-2-4-11)14-10(17)7-15-6-9(5-13-15)16(18)19;/h5-6H,1-4,7-8,12H2,(H,14,17);1H. The number of hydrogen-bond acceptors (Lipinski definition) is 5. The molecule has 0 spiro atoms. The van der Waals surface area contributed by atoms with Gasteiger partial charge in [0, 0.05) is 6.54 Å². The normalized spacial score (nSPS) is 16.4. The Morgan fingerprint density at radius 3 is 2.70 bits per heavy atom. The van der Waals surface area contributed by atoms with E-state index in [-0.39, 0.29) is 36.1 Å². The van der Waals surface area contributed by atoms with E-state index in [1.165, 1.54) is 10.9 Å². The number of halogens is 1. The van der Waals surface area contributed by atoms with Crippen molar-refractivity contribution in [2.75, 3.05) is 6.54 Å². The van der Waals surface area contributed by atoms with E-state index in [0.717, 1.165) is 31.9 Å². The van der Waals surface area contributed by atoms with Gasteiger partial charge in [-0.1, -0.05) is 12.8 Å². The molecule has 1 amide bonds. The van der Waals surface area contributed by atoms with Gasteiger partial charge in [0.15, 0.2) is 0 Å². The molecule has 112 valence electrons. The Kier molecular flexibility index (Phi) is 5.46. The van der Waals surface area contributed by atoms with Crippen LogP contribution in [-0.4, -0.2) is 32.7 Å². The summed E-state index contributed by atoms with van der Waals surface area (Å²) in [5.74, 6) is -0.217. The smallest absolute Gasteiger partial charge is 0.307 e. The van der Waals surface area contributed by atoms with Crippen molar-refractivity contribution in [2.24, 2.45) is 5.73 Å². The molecule has 9 heteroatoms. The van der Waals surface area contributed by atoms with Crippen molar-refractivity contribution in [1.82, 2.24) is 15.1 Å². The Labute approximate surface area is 122 Å². The fraction of sp³-hybridized carbons (Fsp3) is 0.636. The van der Waals surface area contributed by atoms with E-state index in [1.807, 2.05) is 0 Å². The molecule has 0 saturated heterocycles. The minimum Gasteiger partial charge on any atom is -0.348 e. The van der Waals surface area contributed by atoms with Crippen LogP contribution >= 0.6 is 12.4 Å². The van der Waals surface area contributed by atoms with Crippen LogP contribution in [0.15, 0.2) is 12.4 Å². The average Bonchev–Trinajstić information content (AvgIpc) is 2.99. The van der Waals surface area contributed by atoms with E-state index in [0.29, 0.717) is 6.54 Å². The van der Waals surface area contributed by atoms with Gasteiger partial charge in [-0.2, -0.15) is 5.10 Å². The van der Waals surface area contributed by atoms with Gasteiger partial charge in [0.25, 0.3) is 0 Å². The van der Waals surface area contributed by atoms with Crippen molar-refractivity contribution in [1.29, 1.82) is 0 Å². The van der Waals surface area contributed by atoms with E-state index < -0.39 is 4.92 Å². The number of nitro groups is 1. The molecule has 1 aromatic heterocycles. The zero-order valence-electron chi connectivity index (χ0n) is 10.9. The number of carbonyl (C=O) groups excluding carboxylic acids is 1. The Morgan fingerprint density at radius 2 is 2.20 bits per heavy atom. The lowest BCUT2D eigenvalue weighted by Crippen LogP contribution is -2.52. The molecular formula is C11H18ClN5O3. The molecule has 0 radical (unpaired) electrons. The van der Waals surface area contributed by atoms with Gasteiger partial charge in [-0.25, -0.2) is 0 Å². The van der Waals surface area contributed by atoms with Gasteiger partial charge >= 0.3 is 5.69 Å². The molecule has 8 nitrogen and oxygen atoms in total. The van der Waals surface area contributed by atoms with Gasteiger partial charge < -0.3 is 11.1 Å². The van der Waals surface area contributed by atoms with Crippen LogP contribution < -0.4 is 11.1 Å². The van der Waals surface area contributed by atoms with Crippen molar-refractivity contribution >= 4 is 24.0 Å². The second-order valence-corrected chi connectivity index (χ2v) is 4.89. The second kappa shape index (κ2) is 6.67. The lowest BCUT2D eigenvalue weighted by Gasteiger charge is -2.28. The summed E-state index contributed by atoms with van der Waals surface area (Å²) in [4.78, 5) is 21.9. The maximum Gasteiger partial charge on any atom is 0.307 e. The summed E-state index contributed by atoms with van der Waals surface area (Å²) >= 11 is 0. The molecule has 20 heavy (non-hydrogen) atoms. The zero-order chi connectivity index (χ0) is 13.9. The molecule has 1 fully saturated rings. The second-order valence-electron chi connectivity index (χ2n) is 4.89. The molecule has 1 saturated carbocycles. The molecule has 3 N–H and O–H groups in total. The average molecular weight is 304 g/mol. The first-order valence-corrected chi connectivity index (χ1v) is 6.23. The van der Waals surface area contributed by atoms with Crippen molar-refractivity contribution in [3.63, 3.8) is 0 Å². The lowest BCUT2D eigenvalue weighted by atomic mass is 9.98. The van der Waals surface area contributed by atoms with Crippen LogP contribution in [0.5, 0.6) is 0 Å². The molecule has 0 aliphatic heterocycles. The minimum absolute atomic E-state index is 0. The topological polar surface area (TPSA) is 116 Å². The Morgan fingerprint density at radius 1 is 1.55 bits per heavy atom. The number of hydrogen-bond donors (Lipinski definition) is 2. The molecule has 0 bridgehead atoms. The number of amides is 1. The van der Waals surface area contributed by atoms with Gasteiger partial charge in [-0.05, 0) is 12.8 Å². The molecule has 1 aromatic rings. The van der Waals surface area contributed by atoms with Crippen molar-refractivity contribution in [3.05, 3.63) is 22.5 Å². The molecule has 0 aromatic carbocycles. The maximum atomic E-state index is 11.9. The molecule has 1 aliphatic carbocycles. The van der Waals surface area contributed by atoms with Crippen molar-refractivity contribution in [2.45, 2.75) is 37.8 Å². The van der Waals surface area contributed by atoms with E-state index in [2.05, 4.69) is 10.4 Å². The van der Waals surface area contributed by atoms with Crippen LogP contribution in [0.3, 0.4) is 0 Å². The van der Waals surface area contributed by atoms with Crippen LogP contribution in [0, 0.1) is 10.1 Å². The van der Waals surface area contributed by atoms with Crippen molar-refractivity contribution in [3.8, 4) is 0 Å². The van der Waals surface area contributed by atoms with Crippen LogP contribution in [0.1, 0.15) is 25.7 Å². The predicted molar refractivity (Wildman–Crippen MR) is 74.5 cm³/mol. The number of nitrogens with zero attached hydrogens (tertiary/aromatic N) is 3. The first kappa shape index (κ1) is 16.4. The van der Waals surface area contributed by atoms with Crippen LogP contribution in [0.25, 0.3) is 0 Å². The van der Waals surface area contributed by atoms with Gasteiger partial charge in [0.2, 0.25) is 5.91 Å². The third-order valence-corrected chi connectivity index (χ3v) is 3.49. The summed E-state index contributed by atoms with van der Waals surface area (Å²) in [7, 11) is 0. The third-order valence-electron chi connectivity index (χ3n) is 3.49. The highest BCUT2D eigenvalue weighted by Crippen LogP contribution is 2.28. The van der Waals surface area contributed by atoms with Gasteiger partial charge in [0.1, 0.15) is 18.9 Å². The fourth-order valence-electron chi connectivity index (χ4n) is 2.45. The monoisotopic (exact) mass is 303 g/mol. The molecule has 1 aliphatic rings. The SMILES string of the molecule is Cl.NCC1(NC(=O)Cn2cc([N+](=O)[O-])cn2)CCCC1. The molecule has 2 rings (SSSR count). The summed E-state index contributed by atoms with van der Waals surface area (Å²) < 4.78 is 1.26. The highest BCUT2D eigenvalue weighted by Gasteiger charge is 2.33. The molecular weight excluding hydrogens is 286 g/mol. The largest absolute Gasteiger partial charge is 0.348 e. The van der Waals surface area contributed by atoms with E-state index in [9.17, 15) is 14.9 Å². The number of carbonyl (C=O) groups is 1. The maximum absolute atomic E-state index is 11.9. The summed E-state index contributed by atoms with van der Waals surface area (Å²) in [5, 5.41) is 17.2. The molecule has 0 atom stereocenters. The predicted octanol–water partition coefficient (Wildman–Crippen LogP) is 0.601. The van der Waals surface area contributed by atoms with Crippen LogP contribution in [-0.2, 0) is 11.3 Å². The minimum atomic E-state index is -0.542. The van der Waals surface area contributed by atoms with Crippen LogP contribution in [0.2, 0.25) is 0 Å². The number of nitrogens with one attached hydrogen (secondary N) is 1. The Bertz CT molecular complexity index is 484. The summed E-state index contributed by atoms with van der Waals surface area (Å²) in [5.41, 5.74) is 5.30. The third kappa shape index (κ3) is 3.67. The molecule has 1 heterocycles. The van der Waals surface area contributed by atoms with E-state index in [1.54, 1.807) is 0 Å². The Balaban J connectivity index is 0.00000200. The summed E-state index contributed by atoms with van der Waals surface area (Å²) in [6.07, 6.45) is 6.25. The Hall–Kier alpha value is -1.67. The van der Waals surface area contributed by atoms with Gasteiger partial charge in [-0.3, -0.25) is 19.6 Å². The highest BCUT2D eigenvalue weighted by atomic mass is 35.5. The van der Waals surface area contributed by atoms with Crippen LogP contribution in [0.4, 0.5) is 5.69 Å². The first-order valence-electron chi connectivity index (χ1n) is 6.23. The fourth-order valence-corrected chi connectivity index (χ4v) is 2.45. The van der Waals surface area contributed by atoms with Crippen molar-refractivity contribution < 1.29 is 9.72 Å². The lowest BCUT2D eigenvalue weighted by molar-refractivity contribution is -0.385. The summed E-state index contributed by atoms with van der Waals surface area (Å²) in [6, 6.07) is 0. The number of aromatic nitrogens is 2. The van der Waals surface area contributed by atoms with Gasteiger partial charge in [0.05, 0.1) is 10.5 Å². The molecule has 0 unspecified atom stereocenters. The number of nitrogens with two attached hydrogens (primary N) is 1. The highest BCUT2D eigenvalue weighted by molar-refractivity contribution is 5.85. The zero-order valence-corrected chi connectivity index (χ0v) is 11.8. The summed E-state index contributed by atoms with van der Waals surface area (Å²) in [6.45, 7) is 0.383. The quantitative estimate of drug-likeness (QED) is 0.610. The van der Waals surface area contributed by atoms with Gasteiger partial charge in [-0.15, -0.1) is 12.4 Å². The van der Waals surface area contributed by atoms with E-state index >= 15 is 0 Å². The van der Waals surface area contributed by atoms with E-state index in [4.69, 9.17) is 5.73 Å². The first-order chi connectivity index (χ1) is 9.04.